The van der Waals surface area contributed by atoms with E-state index in [4.69, 9.17) is 29.8 Å². The van der Waals surface area contributed by atoms with Gasteiger partial charge >= 0.3 is 19.9 Å². The van der Waals surface area contributed by atoms with Crippen molar-refractivity contribution >= 4 is 42.7 Å². The first kappa shape index (κ1) is 30.9. The van der Waals surface area contributed by atoms with Crippen LogP contribution < -0.4 is 15.3 Å². The van der Waals surface area contributed by atoms with Crippen molar-refractivity contribution in [2.75, 3.05) is 12.3 Å². The summed E-state index contributed by atoms with van der Waals surface area (Å²) < 4.78 is 38.3. The lowest BCUT2D eigenvalue weighted by atomic mass is 10.1. The van der Waals surface area contributed by atoms with Crippen LogP contribution in [0.1, 0.15) is 39.3 Å². The Hall–Kier alpha value is -4.04. The van der Waals surface area contributed by atoms with Gasteiger partial charge in [-0.1, -0.05) is 18.2 Å². The summed E-state index contributed by atoms with van der Waals surface area (Å²) >= 11 is 0. The highest BCUT2D eigenvalue weighted by Crippen LogP contribution is 2.46. The maximum absolute atomic E-state index is 14.0. The number of anilines is 1. The fourth-order valence-electron chi connectivity index (χ4n) is 4.15. The lowest BCUT2D eigenvalue weighted by Gasteiger charge is -2.26. The van der Waals surface area contributed by atoms with Gasteiger partial charge in [-0.25, -0.2) is 19.5 Å². The van der Waals surface area contributed by atoms with Crippen LogP contribution in [0.25, 0.3) is 16.7 Å². The van der Waals surface area contributed by atoms with Gasteiger partial charge in [-0.05, 0) is 32.4 Å². The average Bonchev–Trinajstić information content (AvgIpc) is 3.54. The number of esters is 1. The van der Waals surface area contributed by atoms with Crippen molar-refractivity contribution in [1.29, 1.82) is 0 Å². The molecular formula is C25H31N8O8P. The van der Waals surface area contributed by atoms with Crippen molar-refractivity contribution in [3.05, 3.63) is 48.5 Å². The van der Waals surface area contributed by atoms with Crippen molar-refractivity contribution in [2.45, 2.75) is 63.7 Å². The molecule has 2 aromatic heterocycles. The van der Waals surface area contributed by atoms with Gasteiger partial charge in [-0.3, -0.25) is 18.7 Å². The number of fused-ring (bicyclic) bond motifs is 1. The van der Waals surface area contributed by atoms with Crippen LogP contribution in [-0.2, 0) is 28.2 Å². The Balaban J connectivity index is 1.52. The Morgan fingerprint density at radius 3 is 2.79 bits per heavy atom. The smallest absolute Gasteiger partial charge is 0.459 e. The maximum atomic E-state index is 14.0. The number of carbonyl (C=O) groups excluding carboxylic acids is 2. The number of nitrogens with one attached hydrogen (secondary N) is 1. The Kier molecular flexibility index (Phi) is 10.1. The van der Waals surface area contributed by atoms with E-state index in [1.54, 1.807) is 36.6 Å². The van der Waals surface area contributed by atoms with E-state index < -0.39 is 56.7 Å². The molecule has 0 saturated carbocycles. The fraction of sp³-hybridized carbons (Fsp3) is 0.440. The van der Waals surface area contributed by atoms with Crippen molar-refractivity contribution < 1.29 is 42.6 Å². The van der Waals surface area contributed by atoms with Crippen LogP contribution in [0.2, 0.25) is 0 Å². The van der Waals surface area contributed by atoms with E-state index in [1.807, 2.05) is 0 Å². The Labute approximate surface area is 240 Å². The minimum Gasteiger partial charge on any atom is -0.462 e. The summed E-state index contributed by atoms with van der Waals surface area (Å²) in [5, 5.41) is 13.3. The molecule has 5 atom stereocenters. The number of ketones is 1. The van der Waals surface area contributed by atoms with Gasteiger partial charge in [0, 0.05) is 12.8 Å². The number of hydrogen-bond acceptors (Lipinski definition) is 12. The molecule has 224 valence electrons. The summed E-state index contributed by atoms with van der Waals surface area (Å²) in [4.78, 5) is 39.8. The second kappa shape index (κ2) is 13.7. The Bertz CT molecular complexity index is 1500. The molecule has 4 rings (SSSR count). The van der Waals surface area contributed by atoms with Gasteiger partial charge in [-0.2, -0.15) is 9.88 Å². The molecule has 0 radical (unpaired) electrons. The minimum atomic E-state index is -4.37. The molecule has 1 aromatic carbocycles. The highest BCUT2D eigenvalue weighted by molar-refractivity contribution is 7.52. The molecule has 0 aliphatic carbocycles. The summed E-state index contributed by atoms with van der Waals surface area (Å²) in [5.41, 5.74) is 15.3. The standard InChI is InChI=1S/C25H31N8O8P/c1-15(2)39-25(36)18(9-8-16(34)11-31-27)32-42(37,41-17-6-4-3-5-7-17)38-12-20-19(35)10-21(40-20)33-14-30-22-23(26)28-13-29-24(22)33/h3-7,11,13-15,18-21,35H,8-10,12H2,1-2H3,(H,32,37)(H2,26,28,29)/t18-,19+,20+,21+,42?/m0/s1. The average molecular weight is 603 g/mol. The summed E-state index contributed by atoms with van der Waals surface area (Å²) in [7, 11) is -4.37. The molecule has 3 heterocycles. The molecule has 17 heteroatoms. The van der Waals surface area contributed by atoms with Crippen molar-refractivity contribution in [1.82, 2.24) is 24.6 Å². The first-order valence-electron chi connectivity index (χ1n) is 13.0. The summed E-state index contributed by atoms with van der Waals surface area (Å²) in [5.74, 6) is -1.02. The molecule has 0 spiro atoms. The number of aliphatic hydroxyl groups is 1. The number of aliphatic hydroxyl groups excluding tert-OH is 1. The van der Waals surface area contributed by atoms with Crippen LogP contribution >= 0.6 is 7.75 Å². The highest BCUT2D eigenvalue weighted by atomic mass is 31.2. The van der Waals surface area contributed by atoms with E-state index in [1.165, 1.54) is 24.8 Å². The second-order valence-electron chi connectivity index (χ2n) is 9.63. The molecular weight excluding hydrogens is 571 g/mol. The summed E-state index contributed by atoms with van der Waals surface area (Å²) in [6, 6.07) is 6.80. The quantitative estimate of drug-likeness (QED) is 0.0787. The zero-order valence-corrected chi connectivity index (χ0v) is 23.7. The van der Waals surface area contributed by atoms with Gasteiger partial charge in [0.25, 0.3) is 0 Å². The number of nitrogen functional groups attached to an aromatic ring is 1. The van der Waals surface area contributed by atoms with Crippen LogP contribution in [0.4, 0.5) is 5.82 Å². The lowest BCUT2D eigenvalue weighted by Crippen LogP contribution is -2.40. The van der Waals surface area contributed by atoms with Crippen LogP contribution in [0.15, 0.2) is 43.0 Å². The van der Waals surface area contributed by atoms with Gasteiger partial charge < -0.3 is 30.4 Å². The fourth-order valence-corrected chi connectivity index (χ4v) is 5.69. The van der Waals surface area contributed by atoms with Crippen LogP contribution in [0.5, 0.6) is 5.75 Å². The molecule has 42 heavy (non-hydrogen) atoms. The van der Waals surface area contributed by atoms with Crippen LogP contribution in [0, 0.1) is 0 Å². The molecule has 1 aliphatic heterocycles. The van der Waals surface area contributed by atoms with E-state index in [0.717, 1.165) is 0 Å². The van der Waals surface area contributed by atoms with E-state index in [2.05, 4.69) is 24.8 Å². The number of nitrogens with two attached hydrogens (primary N) is 1. The minimum absolute atomic E-state index is 0.137. The van der Waals surface area contributed by atoms with Gasteiger partial charge in [0.15, 0.2) is 11.5 Å². The molecule has 1 unspecified atom stereocenters. The van der Waals surface area contributed by atoms with Gasteiger partial charge in [0.1, 0.15) is 36.0 Å². The summed E-state index contributed by atoms with van der Waals surface area (Å²) in [6.07, 6.45) is -0.0129. The molecule has 1 fully saturated rings. The van der Waals surface area contributed by atoms with Crippen LogP contribution in [0.3, 0.4) is 0 Å². The molecule has 1 aliphatic rings. The van der Waals surface area contributed by atoms with Gasteiger partial charge in [0.2, 0.25) is 5.78 Å². The number of rotatable bonds is 14. The first-order chi connectivity index (χ1) is 20.1. The number of imidazole rings is 1. The third-order valence-electron chi connectivity index (χ3n) is 6.11. The van der Waals surface area contributed by atoms with Crippen molar-refractivity contribution in [3.63, 3.8) is 0 Å². The number of carbonyl (C=O) groups is 2. The number of aromatic nitrogens is 4. The zero-order valence-electron chi connectivity index (χ0n) is 22.8. The molecule has 0 bridgehead atoms. The zero-order chi connectivity index (χ0) is 30.3. The number of nitrogens with zero attached hydrogens (tertiary/aromatic N) is 6. The second-order valence-corrected chi connectivity index (χ2v) is 11.3. The monoisotopic (exact) mass is 602 g/mol. The molecule has 3 aromatic rings. The number of benzene rings is 1. The number of Topliss-reactive ketones (excluding diaryl/α,β-unsaturated/α-hetero) is 1. The number of ether oxygens (including phenoxy) is 2. The normalized spacial score (nSPS) is 20.5. The van der Waals surface area contributed by atoms with Crippen LogP contribution in [-0.4, -0.2) is 78.3 Å². The van der Waals surface area contributed by atoms with E-state index in [9.17, 15) is 19.3 Å². The third-order valence-corrected chi connectivity index (χ3v) is 7.68. The maximum Gasteiger partial charge on any atom is 0.459 e. The predicted octanol–water partition coefficient (Wildman–Crippen LogP) is 1.82. The highest BCUT2D eigenvalue weighted by Gasteiger charge is 2.40. The van der Waals surface area contributed by atoms with E-state index in [0.29, 0.717) is 17.4 Å². The predicted molar refractivity (Wildman–Crippen MR) is 147 cm³/mol. The Morgan fingerprint density at radius 2 is 2.07 bits per heavy atom. The van der Waals surface area contributed by atoms with Gasteiger partial charge in [-0.15, -0.1) is 0 Å². The van der Waals surface area contributed by atoms with E-state index >= 15 is 0 Å². The third kappa shape index (κ3) is 7.82. The van der Waals surface area contributed by atoms with Crippen molar-refractivity contribution in [2.24, 2.45) is 0 Å². The molecule has 1 saturated heterocycles. The Morgan fingerprint density at radius 1 is 1.31 bits per heavy atom. The van der Waals surface area contributed by atoms with E-state index in [-0.39, 0.29) is 30.8 Å². The molecule has 4 N–H and O–H groups in total. The topological polar surface area (TPSA) is 226 Å². The number of para-hydroxylation sites is 1. The first-order valence-corrected chi connectivity index (χ1v) is 14.6. The van der Waals surface area contributed by atoms with Crippen molar-refractivity contribution in [3.8, 4) is 5.75 Å². The number of hydrogen-bond donors (Lipinski definition) is 3. The molecule has 0 amide bonds. The largest absolute Gasteiger partial charge is 0.462 e. The lowest BCUT2D eigenvalue weighted by molar-refractivity contribution is -0.149. The summed E-state index contributed by atoms with van der Waals surface area (Å²) in [6.45, 7) is 2.86. The molecule has 16 nitrogen and oxygen atoms in total. The SMILES string of the molecule is CC(C)OC(=O)[C@H](CCC(=O)C=[N+]=[N-])NP(=O)(OC[C@H]1O[C@@H](n2cnc3c(N)ncnc32)C[C@H]1O)Oc1ccccc1. The van der Waals surface area contributed by atoms with Gasteiger partial charge in [0.05, 0.1) is 25.1 Å².